The Kier molecular flexibility index (Phi) is 4.14. The topological polar surface area (TPSA) is 71.7 Å². The Labute approximate surface area is 146 Å². The summed E-state index contributed by atoms with van der Waals surface area (Å²) in [7, 11) is 0. The van der Waals surface area contributed by atoms with Crippen molar-refractivity contribution in [3.63, 3.8) is 0 Å². The first-order chi connectivity index (χ1) is 11.6. The van der Waals surface area contributed by atoms with Crippen molar-refractivity contribution in [2.24, 2.45) is 0 Å². The molecule has 1 aliphatic carbocycles. The van der Waals surface area contributed by atoms with Gasteiger partial charge in [0.1, 0.15) is 5.52 Å². The van der Waals surface area contributed by atoms with E-state index in [9.17, 15) is 5.11 Å². The van der Waals surface area contributed by atoms with Crippen molar-refractivity contribution in [1.82, 2.24) is 14.6 Å². The van der Waals surface area contributed by atoms with Crippen molar-refractivity contribution in [3.05, 3.63) is 23.0 Å². The highest BCUT2D eigenvalue weighted by molar-refractivity contribution is 6.34. The zero-order chi connectivity index (χ0) is 16.7. The van der Waals surface area contributed by atoms with Gasteiger partial charge in [0, 0.05) is 12.0 Å². The number of rotatable bonds is 4. The molecular formula is C17H23ClN4O2. The van der Waals surface area contributed by atoms with E-state index >= 15 is 0 Å². The van der Waals surface area contributed by atoms with Gasteiger partial charge in [-0.25, -0.2) is 9.50 Å². The van der Waals surface area contributed by atoms with Crippen LogP contribution in [0, 0.1) is 0 Å². The molecule has 4 rings (SSSR count). The molecule has 2 N–H and O–H groups in total. The van der Waals surface area contributed by atoms with Gasteiger partial charge in [-0.1, -0.05) is 24.9 Å². The molecule has 7 heteroatoms. The van der Waals surface area contributed by atoms with Gasteiger partial charge in [0.05, 0.1) is 35.7 Å². The van der Waals surface area contributed by atoms with Crippen LogP contribution in [0.15, 0.2) is 12.3 Å². The summed E-state index contributed by atoms with van der Waals surface area (Å²) >= 11 is 6.41. The molecule has 0 bridgehead atoms. The van der Waals surface area contributed by atoms with Crippen molar-refractivity contribution in [3.8, 4) is 0 Å². The summed E-state index contributed by atoms with van der Waals surface area (Å²) in [6.45, 7) is 3.21. The third-order valence-electron chi connectivity index (χ3n) is 5.64. The molecule has 2 fully saturated rings. The van der Waals surface area contributed by atoms with E-state index in [4.69, 9.17) is 16.3 Å². The Morgan fingerprint density at radius 3 is 3.00 bits per heavy atom. The number of hydrogen-bond donors (Lipinski definition) is 2. The van der Waals surface area contributed by atoms with Gasteiger partial charge in [-0.3, -0.25) is 0 Å². The van der Waals surface area contributed by atoms with Gasteiger partial charge in [0.25, 0.3) is 0 Å². The van der Waals surface area contributed by atoms with Crippen molar-refractivity contribution in [2.75, 3.05) is 18.5 Å². The molecule has 24 heavy (non-hydrogen) atoms. The average Bonchev–Trinajstić information content (AvgIpc) is 2.86. The van der Waals surface area contributed by atoms with Crippen LogP contribution in [0.4, 0.5) is 5.95 Å². The molecule has 0 unspecified atom stereocenters. The van der Waals surface area contributed by atoms with E-state index in [-0.39, 0.29) is 11.5 Å². The highest BCUT2D eigenvalue weighted by Gasteiger charge is 2.40. The second-order valence-corrected chi connectivity index (χ2v) is 7.33. The number of nitrogens with zero attached hydrogens (tertiary/aromatic N) is 3. The fraction of sp³-hybridized carbons (Fsp3) is 0.647. The second kappa shape index (κ2) is 6.17. The molecule has 0 amide bonds. The number of aliphatic hydroxyl groups excluding tert-OH is 1. The van der Waals surface area contributed by atoms with Crippen molar-refractivity contribution in [2.45, 2.75) is 56.6 Å². The van der Waals surface area contributed by atoms with Gasteiger partial charge < -0.3 is 15.2 Å². The molecule has 2 aromatic heterocycles. The Morgan fingerprint density at radius 2 is 2.33 bits per heavy atom. The molecule has 3 heterocycles. The van der Waals surface area contributed by atoms with Crippen LogP contribution < -0.4 is 5.32 Å². The summed E-state index contributed by atoms with van der Waals surface area (Å²) < 4.78 is 7.21. The van der Waals surface area contributed by atoms with E-state index in [1.807, 2.05) is 10.6 Å². The number of fused-ring (bicyclic) bond motifs is 1. The first-order valence-electron chi connectivity index (χ1n) is 8.70. The number of anilines is 1. The van der Waals surface area contributed by atoms with E-state index in [2.05, 4.69) is 22.3 Å². The maximum Gasteiger partial charge on any atom is 0.241 e. The standard InChI is InChI=1S/C17H23ClN4O2/c1-2-17(5-3-6-17)15-8-11(18)13-9-19-16(21-22(13)15)20-12-4-7-24-10-14(12)23/h8-9,12,14,23H,2-7,10H2,1H3,(H,20,21)/t12-,14-/m1/s1. The van der Waals surface area contributed by atoms with Gasteiger partial charge in [-0.05, 0) is 31.7 Å². The smallest absolute Gasteiger partial charge is 0.241 e. The van der Waals surface area contributed by atoms with E-state index in [0.717, 1.165) is 18.4 Å². The van der Waals surface area contributed by atoms with Crippen LogP contribution in [0.25, 0.3) is 5.52 Å². The normalized spacial score (nSPS) is 26.3. The SMILES string of the molecule is CCC1(c2cc(Cl)c3cnc(N[C@@H]4CCOC[C@H]4O)nn23)CCC1. The maximum absolute atomic E-state index is 10.0. The fourth-order valence-electron chi connectivity index (χ4n) is 3.85. The minimum absolute atomic E-state index is 0.0884. The lowest BCUT2D eigenvalue weighted by Crippen LogP contribution is -2.42. The van der Waals surface area contributed by atoms with Crippen molar-refractivity contribution >= 4 is 23.1 Å². The minimum atomic E-state index is -0.542. The van der Waals surface area contributed by atoms with Crippen LogP contribution in [0.1, 0.15) is 44.7 Å². The van der Waals surface area contributed by atoms with Crippen LogP contribution in [0.3, 0.4) is 0 Å². The Hall–Kier alpha value is -1.37. The number of aromatic nitrogens is 3. The molecule has 2 aromatic rings. The van der Waals surface area contributed by atoms with Crippen LogP contribution in [0.2, 0.25) is 5.02 Å². The summed E-state index contributed by atoms with van der Waals surface area (Å²) in [6.07, 6.45) is 6.65. The molecule has 2 atom stereocenters. The Balaban J connectivity index is 1.69. The minimum Gasteiger partial charge on any atom is -0.389 e. The van der Waals surface area contributed by atoms with E-state index in [1.54, 1.807) is 6.20 Å². The quantitative estimate of drug-likeness (QED) is 0.887. The zero-order valence-corrected chi connectivity index (χ0v) is 14.6. The number of ether oxygens (including phenoxy) is 1. The largest absolute Gasteiger partial charge is 0.389 e. The lowest BCUT2D eigenvalue weighted by molar-refractivity contribution is -0.0136. The lowest BCUT2D eigenvalue weighted by Gasteiger charge is -2.40. The molecule has 0 spiro atoms. The summed E-state index contributed by atoms with van der Waals surface area (Å²) in [5.74, 6) is 0.521. The first kappa shape index (κ1) is 16.1. The van der Waals surface area contributed by atoms with Gasteiger partial charge in [-0.15, -0.1) is 5.10 Å². The average molecular weight is 351 g/mol. The molecule has 1 aliphatic heterocycles. The van der Waals surface area contributed by atoms with Crippen LogP contribution in [-0.4, -0.2) is 45.1 Å². The van der Waals surface area contributed by atoms with E-state index in [1.165, 1.54) is 25.0 Å². The molecule has 0 aromatic carbocycles. The van der Waals surface area contributed by atoms with Gasteiger partial charge in [0.15, 0.2) is 0 Å². The molecule has 1 saturated carbocycles. The fourth-order valence-corrected chi connectivity index (χ4v) is 4.08. The first-order valence-corrected chi connectivity index (χ1v) is 9.08. The highest BCUT2D eigenvalue weighted by atomic mass is 35.5. The van der Waals surface area contributed by atoms with Crippen molar-refractivity contribution < 1.29 is 9.84 Å². The second-order valence-electron chi connectivity index (χ2n) is 6.93. The number of nitrogens with one attached hydrogen (secondary N) is 1. The summed E-state index contributed by atoms with van der Waals surface area (Å²) in [6, 6.07) is 1.95. The predicted octanol–water partition coefficient (Wildman–Crippen LogP) is 2.78. The maximum atomic E-state index is 10.0. The number of halogens is 1. The molecular weight excluding hydrogens is 328 g/mol. The van der Waals surface area contributed by atoms with Gasteiger partial charge in [-0.2, -0.15) is 0 Å². The summed E-state index contributed by atoms with van der Waals surface area (Å²) in [5.41, 5.74) is 2.19. The monoisotopic (exact) mass is 350 g/mol. The lowest BCUT2D eigenvalue weighted by atomic mass is 9.65. The zero-order valence-electron chi connectivity index (χ0n) is 13.8. The predicted molar refractivity (Wildman–Crippen MR) is 92.7 cm³/mol. The Bertz CT molecular complexity index is 738. The van der Waals surface area contributed by atoms with Crippen molar-refractivity contribution in [1.29, 1.82) is 0 Å². The number of aliphatic hydroxyl groups is 1. The molecule has 0 radical (unpaired) electrons. The van der Waals surface area contributed by atoms with Crippen LogP contribution >= 0.6 is 11.6 Å². The number of hydrogen-bond acceptors (Lipinski definition) is 5. The summed E-state index contributed by atoms with van der Waals surface area (Å²) in [4.78, 5) is 4.38. The third-order valence-corrected chi connectivity index (χ3v) is 5.94. The third kappa shape index (κ3) is 2.57. The Morgan fingerprint density at radius 1 is 1.50 bits per heavy atom. The molecule has 130 valence electrons. The highest BCUT2D eigenvalue weighted by Crippen LogP contribution is 2.47. The molecule has 1 saturated heterocycles. The van der Waals surface area contributed by atoms with Gasteiger partial charge >= 0.3 is 0 Å². The van der Waals surface area contributed by atoms with E-state index < -0.39 is 6.10 Å². The molecule has 2 aliphatic rings. The van der Waals surface area contributed by atoms with Gasteiger partial charge in [0.2, 0.25) is 5.95 Å². The summed E-state index contributed by atoms with van der Waals surface area (Å²) in [5, 5.41) is 18.7. The van der Waals surface area contributed by atoms with E-state index in [0.29, 0.717) is 24.2 Å². The van der Waals surface area contributed by atoms with Crippen LogP contribution in [-0.2, 0) is 10.2 Å². The van der Waals surface area contributed by atoms with Crippen LogP contribution in [0.5, 0.6) is 0 Å². The molecule has 6 nitrogen and oxygen atoms in total.